The van der Waals surface area contributed by atoms with E-state index in [1.54, 1.807) is 12.1 Å². The van der Waals surface area contributed by atoms with Crippen LogP contribution in [-0.4, -0.2) is 5.88 Å². The highest BCUT2D eigenvalue weighted by atomic mass is 35.5. The molecule has 0 aliphatic rings. The summed E-state index contributed by atoms with van der Waals surface area (Å²) in [5.74, 6) is 0.737. The van der Waals surface area contributed by atoms with Crippen molar-refractivity contribution in [1.82, 2.24) is 0 Å². The van der Waals surface area contributed by atoms with Crippen LogP contribution in [0.2, 0.25) is 0 Å². The van der Waals surface area contributed by atoms with Crippen LogP contribution < -0.4 is 0 Å². The maximum absolute atomic E-state index is 13.3. The number of alkyl halides is 1. The zero-order valence-electron chi connectivity index (χ0n) is 12.9. The number of benzene rings is 2. The van der Waals surface area contributed by atoms with Gasteiger partial charge in [0.1, 0.15) is 5.82 Å². The minimum absolute atomic E-state index is 0.177. The Morgan fingerprint density at radius 3 is 2.24 bits per heavy atom. The van der Waals surface area contributed by atoms with E-state index in [4.69, 9.17) is 11.6 Å². The Morgan fingerprint density at radius 2 is 1.67 bits per heavy atom. The maximum atomic E-state index is 13.3. The number of halogens is 2. The Kier molecular flexibility index (Phi) is 5.41. The van der Waals surface area contributed by atoms with Crippen molar-refractivity contribution in [3.05, 3.63) is 70.0 Å². The molecule has 2 heteroatoms. The van der Waals surface area contributed by atoms with E-state index in [0.29, 0.717) is 11.8 Å². The highest BCUT2D eigenvalue weighted by Gasteiger charge is 2.13. The largest absolute Gasteiger partial charge is 0.207 e. The molecule has 0 N–H and O–H groups in total. The molecule has 0 saturated heterocycles. The Hall–Kier alpha value is -1.34. The summed E-state index contributed by atoms with van der Waals surface area (Å²) in [7, 11) is 0. The van der Waals surface area contributed by atoms with E-state index >= 15 is 0 Å². The van der Waals surface area contributed by atoms with Crippen molar-refractivity contribution in [2.45, 2.75) is 33.6 Å². The van der Waals surface area contributed by atoms with Gasteiger partial charge in [-0.3, -0.25) is 0 Å². The van der Waals surface area contributed by atoms with Gasteiger partial charge in [0.2, 0.25) is 0 Å². The second-order valence-corrected chi connectivity index (χ2v) is 6.24. The van der Waals surface area contributed by atoms with E-state index in [9.17, 15) is 4.39 Å². The van der Waals surface area contributed by atoms with Gasteiger partial charge in [0.25, 0.3) is 0 Å². The molecule has 2 aromatic rings. The van der Waals surface area contributed by atoms with Crippen LogP contribution in [0.25, 0.3) is 0 Å². The Bertz CT molecular complexity index is 596. The van der Waals surface area contributed by atoms with E-state index < -0.39 is 0 Å². The molecule has 2 aromatic carbocycles. The fourth-order valence-electron chi connectivity index (χ4n) is 3.00. The molecule has 0 nitrogen and oxygen atoms in total. The van der Waals surface area contributed by atoms with Crippen LogP contribution in [0.3, 0.4) is 0 Å². The highest BCUT2D eigenvalue weighted by Crippen LogP contribution is 2.23. The van der Waals surface area contributed by atoms with Gasteiger partial charge in [-0.25, -0.2) is 4.39 Å². The Labute approximate surface area is 132 Å². The SMILES string of the molecule is Cc1cc(C)c(CC(CCl)Cc2cccc(F)c2)c(C)c1. The van der Waals surface area contributed by atoms with Gasteiger partial charge < -0.3 is 0 Å². The molecular weight excluding hydrogens is 283 g/mol. The van der Waals surface area contributed by atoms with Crippen LogP contribution in [0.15, 0.2) is 36.4 Å². The van der Waals surface area contributed by atoms with Gasteiger partial charge in [-0.15, -0.1) is 11.6 Å². The van der Waals surface area contributed by atoms with Crippen molar-refractivity contribution >= 4 is 11.6 Å². The molecule has 0 amide bonds. The summed E-state index contributed by atoms with van der Waals surface area (Å²) in [5, 5.41) is 0. The standard InChI is InChI=1S/C19H22ClF/c1-13-7-14(2)19(15(3)8-13)11-17(12-20)9-16-5-4-6-18(21)10-16/h4-8,10,17H,9,11-12H2,1-3H3. The van der Waals surface area contributed by atoms with E-state index in [2.05, 4.69) is 32.9 Å². The molecule has 0 aliphatic heterocycles. The second kappa shape index (κ2) is 7.09. The van der Waals surface area contributed by atoms with Crippen LogP contribution in [0.5, 0.6) is 0 Å². The first kappa shape index (κ1) is 16.0. The van der Waals surface area contributed by atoms with Crippen molar-refractivity contribution < 1.29 is 4.39 Å². The quantitative estimate of drug-likeness (QED) is 0.650. The lowest BCUT2D eigenvalue weighted by Crippen LogP contribution is -2.12. The number of aryl methyl sites for hydroxylation is 3. The van der Waals surface area contributed by atoms with Gasteiger partial charge in [0.05, 0.1) is 0 Å². The van der Waals surface area contributed by atoms with Gasteiger partial charge in [0.15, 0.2) is 0 Å². The predicted molar refractivity (Wildman–Crippen MR) is 88.7 cm³/mol. The van der Waals surface area contributed by atoms with E-state index in [0.717, 1.165) is 18.4 Å². The number of hydrogen-bond acceptors (Lipinski definition) is 0. The lowest BCUT2D eigenvalue weighted by atomic mass is 9.89. The summed E-state index contributed by atoms with van der Waals surface area (Å²) in [6, 6.07) is 11.3. The molecule has 0 fully saturated rings. The fraction of sp³-hybridized carbons (Fsp3) is 0.368. The zero-order chi connectivity index (χ0) is 15.4. The molecule has 112 valence electrons. The van der Waals surface area contributed by atoms with Crippen molar-refractivity contribution in [2.24, 2.45) is 5.92 Å². The molecule has 21 heavy (non-hydrogen) atoms. The Morgan fingerprint density at radius 1 is 1.00 bits per heavy atom. The van der Waals surface area contributed by atoms with Crippen molar-refractivity contribution in [2.75, 3.05) is 5.88 Å². The van der Waals surface area contributed by atoms with Crippen LogP contribution in [-0.2, 0) is 12.8 Å². The van der Waals surface area contributed by atoms with E-state index in [1.807, 2.05) is 6.07 Å². The number of rotatable bonds is 5. The molecule has 0 aromatic heterocycles. The van der Waals surface area contributed by atoms with E-state index in [1.165, 1.54) is 28.3 Å². The molecule has 1 unspecified atom stereocenters. The normalized spacial score (nSPS) is 12.4. The minimum atomic E-state index is -0.177. The molecule has 1 atom stereocenters. The van der Waals surface area contributed by atoms with Gasteiger partial charge >= 0.3 is 0 Å². The minimum Gasteiger partial charge on any atom is -0.207 e. The maximum Gasteiger partial charge on any atom is 0.123 e. The van der Waals surface area contributed by atoms with Crippen LogP contribution in [0, 0.1) is 32.5 Å². The smallest absolute Gasteiger partial charge is 0.123 e. The molecular formula is C19H22ClF. The first-order valence-corrected chi connectivity index (χ1v) is 7.90. The molecule has 0 heterocycles. The molecule has 0 bridgehead atoms. The summed E-state index contributed by atoms with van der Waals surface area (Å²) < 4.78 is 13.3. The van der Waals surface area contributed by atoms with Gasteiger partial charge in [0, 0.05) is 5.88 Å². The molecule has 0 spiro atoms. The Balaban J connectivity index is 2.16. The third-order valence-electron chi connectivity index (χ3n) is 3.96. The summed E-state index contributed by atoms with van der Waals surface area (Å²) in [5.41, 5.74) is 6.33. The van der Waals surface area contributed by atoms with Crippen LogP contribution in [0.4, 0.5) is 4.39 Å². The average molecular weight is 305 g/mol. The summed E-state index contributed by atoms with van der Waals surface area (Å²) in [6.07, 6.45) is 1.76. The van der Waals surface area contributed by atoms with Gasteiger partial charge in [-0.2, -0.15) is 0 Å². The lowest BCUT2D eigenvalue weighted by Gasteiger charge is -2.18. The predicted octanol–water partition coefficient (Wildman–Crippen LogP) is 5.39. The molecule has 0 radical (unpaired) electrons. The lowest BCUT2D eigenvalue weighted by molar-refractivity contribution is 0.573. The summed E-state index contributed by atoms with van der Waals surface area (Å²) in [6.45, 7) is 6.43. The summed E-state index contributed by atoms with van der Waals surface area (Å²) in [4.78, 5) is 0. The average Bonchev–Trinajstić information content (AvgIpc) is 2.41. The van der Waals surface area contributed by atoms with Crippen LogP contribution >= 0.6 is 11.6 Å². The third kappa shape index (κ3) is 4.31. The van der Waals surface area contributed by atoms with Crippen molar-refractivity contribution in [1.29, 1.82) is 0 Å². The topological polar surface area (TPSA) is 0 Å². The first-order valence-electron chi connectivity index (χ1n) is 7.36. The van der Waals surface area contributed by atoms with E-state index in [-0.39, 0.29) is 5.82 Å². The molecule has 2 rings (SSSR count). The fourth-order valence-corrected chi connectivity index (χ4v) is 3.22. The summed E-state index contributed by atoms with van der Waals surface area (Å²) >= 11 is 6.15. The first-order chi connectivity index (χ1) is 9.99. The van der Waals surface area contributed by atoms with Gasteiger partial charge in [-0.1, -0.05) is 29.8 Å². The number of hydrogen-bond donors (Lipinski definition) is 0. The van der Waals surface area contributed by atoms with Crippen molar-refractivity contribution in [3.63, 3.8) is 0 Å². The second-order valence-electron chi connectivity index (χ2n) is 5.94. The monoisotopic (exact) mass is 304 g/mol. The van der Waals surface area contributed by atoms with Gasteiger partial charge in [-0.05, 0) is 73.9 Å². The molecule has 0 aliphatic carbocycles. The zero-order valence-corrected chi connectivity index (χ0v) is 13.7. The van der Waals surface area contributed by atoms with Crippen LogP contribution in [0.1, 0.15) is 27.8 Å². The van der Waals surface area contributed by atoms with Crippen molar-refractivity contribution in [3.8, 4) is 0 Å². The third-order valence-corrected chi connectivity index (χ3v) is 4.40. The highest BCUT2D eigenvalue weighted by molar-refractivity contribution is 6.18. The molecule has 0 saturated carbocycles.